The van der Waals surface area contributed by atoms with Crippen LogP contribution in [0.4, 0.5) is 13.2 Å². The molecule has 108 valence electrons. The summed E-state index contributed by atoms with van der Waals surface area (Å²) in [4.78, 5) is 0. The van der Waals surface area contributed by atoms with Gasteiger partial charge in [0.1, 0.15) is 17.5 Å². The molecule has 0 aliphatic heterocycles. The maximum atomic E-state index is 12.3. The minimum Gasteiger partial charge on any atom is -0.405 e. The molecular weight excluding hydrogens is 343 g/mol. The number of nitrogens with zero attached hydrogens (tertiary/aromatic N) is 3. The van der Waals surface area contributed by atoms with Crippen LogP contribution in [0.3, 0.4) is 0 Å². The van der Waals surface area contributed by atoms with Gasteiger partial charge in [0, 0.05) is 12.6 Å². The fourth-order valence-corrected chi connectivity index (χ4v) is 2.24. The molecule has 1 aromatic heterocycles. The van der Waals surface area contributed by atoms with Crippen molar-refractivity contribution in [3.63, 3.8) is 0 Å². The van der Waals surface area contributed by atoms with Gasteiger partial charge in [-0.05, 0) is 22.0 Å². The van der Waals surface area contributed by atoms with Crippen LogP contribution in [-0.2, 0) is 7.05 Å². The molecule has 5 nitrogen and oxygen atoms in total. The van der Waals surface area contributed by atoms with Crippen LogP contribution in [-0.4, -0.2) is 26.5 Å². The molecule has 1 N–H and O–H groups in total. The van der Waals surface area contributed by atoms with E-state index in [1.165, 1.54) is 29.9 Å². The molecule has 1 unspecified atom stereocenters. The van der Waals surface area contributed by atoms with Gasteiger partial charge in [0.05, 0.1) is 0 Å². The second-order valence-corrected chi connectivity index (χ2v) is 4.63. The van der Waals surface area contributed by atoms with Crippen molar-refractivity contribution in [2.75, 3.05) is 0 Å². The highest BCUT2D eigenvalue weighted by atomic mass is 79.9. The highest BCUT2D eigenvalue weighted by molar-refractivity contribution is 9.10. The highest BCUT2D eigenvalue weighted by Gasteiger charge is 2.33. The standard InChI is InChI=1S/C11H9BrF3N3O2/c1-18-8(10(12)16-17-18)9(19)6-4-2-3-5-7(6)20-11(13,14)15/h2-5,9,19H,1H3. The Morgan fingerprint density at radius 1 is 1.35 bits per heavy atom. The van der Waals surface area contributed by atoms with E-state index in [1.54, 1.807) is 0 Å². The smallest absolute Gasteiger partial charge is 0.405 e. The molecule has 1 heterocycles. The van der Waals surface area contributed by atoms with E-state index < -0.39 is 18.2 Å². The van der Waals surface area contributed by atoms with Crippen molar-refractivity contribution < 1.29 is 23.0 Å². The number of rotatable bonds is 3. The van der Waals surface area contributed by atoms with Crippen LogP contribution in [0, 0.1) is 0 Å². The summed E-state index contributed by atoms with van der Waals surface area (Å²) in [5.74, 6) is -0.472. The molecule has 1 aromatic carbocycles. The molecule has 0 fully saturated rings. The van der Waals surface area contributed by atoms with E-state index in [4.69, 9.17) is 0 Å². The Labute approximate surface area is 120 Å². The minimum absolute atomic E-state index is 0.0316. The first-order chi connectivity index (χ1) is 9.29. The highest BCUT2D eigenvalue weighted by Crippen LogP contribution is 2.34. The van der Waals surface area contributed by atoms with Gasteiger partial charge in [-0.1, -0.05) is 23.4 Å². The number of para-hydroxylation sites is 1. The SMILES string of the molecule is Cn1nnc(Br)c1C(O)c1ccccc1OC(F)(F)F. The Kier molecular flexibility index (Phi) is 4.00. The molecular formula is C11H9BrF3N3O2. The fraction of sp³-hybridized carbons (Fsp3) is 0.273. The normalized spacial score (nSPS) is 13.3. The lowest BCUT2D eigenvalue weighted by atomic mass is 10.1. The number of alkyl halides is 3. The summed E-state index contributed by atoms with van der Waals surface area (Å²) in [6.45, 7) is 0. The number of aryl methyl sites for hydroxylation is 1. The molecule has 0 radical (unpaired) electrons. The molecule has 0 amide bonds. The molecule has 2 aromatic rings. The van der Waals surface area contributed by atoms with Crippen LogP contribution in [0.2, 0.25) is 0 Å². The Hall–Kier alpha value is -1.61. The third-order valence-corrected chi connectivity index (χ3v) is 3.09. The van der Waals surface area contributed by atoms with Crippen molar-refractivity contribution in [3.8, 4) is 5.75 Å². The number of ether oxygens (including phenoxy) is 1. The van der Waals surface area contributed by atoms with Gasteiger partial charge in [-0.15, -0.1) is 18.3 Å². The van der Waals surface area contributed by atoms with Crippen molar-refractivity contribution >= 4 is 15.9 Å². The van der Waals surface area contributed by atoms with Crippen LogP contribution in [0.25, 0.3) is 0 Å². The number of hydrogen-bond acceptors (Lipinski definition) is 4. The largest absolute Gasteiger partial charge is 0.573 e. The van der Waals surface area contributed by atoms with Gasteiger partial charge < -0.3 is 9.84 Å². The fourth-order valence-electron chi connectivity index (χ4n) is 1.70. The van der Waals surface area contributed by atoms with Gasteiger partial charge in [-0.25, -0.2) is 4.68 Å². The molecule has 9 heteroatoms. The van der Waals surface area contributed by atoms with Crippen molar-refractivity contribution in [2.24, 2.45) is 7.05 Å². The van der Waals surface area contributed by atoms with E-state index in [2.05, 4.69) is 31.0 Å². The number of hydrogen-bond donors (Lipinski definition) is 1. The zero-order valence-corrected chi connectivity index (χ0v) is 11.7. The van der Waals surface area contributed by atoms with Crippen LogP contribution in [0.5, 0.6) is 5.75 Å². The van der Waals surface area contributed by atoms with E-state index in [1.807, 2.05) is 0 Å². The van der Waals surface area contributed by atoms with Gasteiger partial charge in [0.2, 0.25) is 0 Å². The number of aromatic nitrogens is 3. The Morgan fingerprint density at radius 3 is 2.55 bits per heavy atom. The molecule has 1 atom stereocenters. The zero-order valence-electron chi connectivity index (χ0n) is 10.1. The first kappa shape index (κ1) is 14.8. The molecule has 0 aliphatic carbocycles. The molecule has 0 bridgehead atoms. The predicted octanol–water partition coefficient (Wildman–Crippen LogP) is 2.56. The lowest BCUT2D eigenvalue weighted by Gasteiger charge is -2.17. The topological polar surface area (TPSA) is 60.2 Å². The Balaban J connectivity index is 2.43. The molecule has 0 saturated heterocycles. The molecule has 0 aliphatic rings. The summed E-state index contributed by atoms with van der Waals surface area (Å²) in [5.41, 5.74) is 0.194. The van der Waals surface area contributed by atoms with Gasteiger partial charge in [-0.3, -0.25) is 0 Å². The number of benzene rings is 1. The summed E-state index contributed by atoms with van der Waals surface area (Å²) in [6.07, 6.45) is -6.19. The first-order valence-corrected chi connectivity index (χ1v) is 6.16. The van der Waals surface area contributed by atoms with Crippen LogP contribution in [0.15, 0.2) is 28.9 Å². The van der Waals surface area contributed by atoms with Crippen molar-refractivity contribution in [3.05, 3.63) is 40.1 Å². The Morgan fingerprint density at radius 2 is 2.00 bits per heavy atom. The predicted molar refractivity (Wildman–Crippen MR) is 65.9 cm³/mol. The monoisotopic (exact) mass is 351 g/mol. The van der Waals surface area contributed by atoms with E-state index in [0.29, 0.717) is 0 Å². The second kappa shape index (κ2) is 5.41. The van der Waals surface area contributed by atoms with E-state index in [0.717, 1.165) is 6.07 Å². The van der Waals surface area contributed by atoms with E-state index in [9.17, 15) is 18.3 Å². The third-order valence-electron chi connectivity index (χ3n) is 2.52. The molecule has 20 heavy (non-hydrogen) atoms. The van der Waals surface area contributed by atoms with Crippen molar-refractivity contribution in [1.82, 2.24) is 15.0 Å². The van der Waals surface area contributed by atoms with E-state index >= 15 is 0 Å². The maximum absolute atomic E-state index is 12.3. The van der Waals surface area contributed by atoms with Crippen molar-refractivity contribution in [2.45, 2.75) is 12.5 Å². The zero-order chi connectivity index (χ0) is 14.9. The van der Waals surface area contributed by atoms with Crippen LogP contribution < -0.4 is 4.74 Å². The summed E-state index contributed by atoms with van der Waals surface area (Å²) < 4.78 is 42.4. The number of aliphatic hydroxyl groups is 1. The molecule has 2 rings (SSSR count). The lowest BCUT2D eigenvalue weighted by Crippen LogP contribution is -2.19. The lowest BCUT2D eigenvalue weighted by molar-refractivity contribution is -0.275. The van der Waals surface area contributed by atoms with E-state index in [-0.39, 0.29) is 15.9 Å². The summed E-state index contributed by atoms with van der Waals surface area (Å²) in [5, 5.41) is 17.6. The minimum atomic E-state index is -4.84. The number of aliphatic hydroxyl groups excluding tert-OH is 1. The van der Waals surface area contributed by atoms with Gasteiger partial charge in [-0.2, -0.15) is 0 Å². The summed E-state index contributed by atoms with van der Waals surface area (Å²) >= 11 is 3.08. The molecule has 0 spiro atoms. The first-order valence-electron chi connectivity index (χ1n) is 5.37. The Bertz CT molecular complexity index is 596. The summed E-state index contributed by atoms with van der Waals surface area (Å²) in [7, 11) is 1.52. The quantitative estimate of drug-likeness (QED) is 0.923. The maximum Gasteiger partial charge on any atom is 0.573 e. The van der Waals surface area contributed by atoms with Gasteiger partial charge in [0.25, 0.3) is 0 Å². The third kappa shape index (κ3) is 3.10. The second-order valence-electron chi connectivity index (χ2n) is 3.88. The molecule has 0 saturated carbocycles. The van der Waals surface area contributed by atoms with Gasteiger partial charge in [0.15, 0.2) is 4.60 Å². The number of halogens is 4. The van der Waals surface area contributed by atoms with Crippen molar-refractivity contribution in [1.29, 1.82) is 0 Å². The van der Waals surface area contributed by atoms with Crippen LogP contribution >= 0.6 is 15.9 Å². The van der Waals surface area contributed by atoms with Crippen LogP contribution in [0.1, 0.15) is 17.4 Å². The average molecular weight is 352 g/mol. The average Bonchev–Trinajstić information content (AvgIpc) is 2.67. The van der Waals surface area contributed by atoms with Gasteiger partial charge >= 0.3 is 6.36 Å². The summed E-state index contributed by atoms with van der Waals surface area (Å²) in [6, 6.07) is 5.35.